The van der Waals surface area contributed by atoms with Gasteiger partial charge in [0, 0.05) is 17.7 Å². The Labute approximate surface area is 115 Å². The van der Waals surface area contributed by atoms with Gasteiger partial charge in [0.25, 0.3) is 5.91 Å². The Bertz CT molecular complexity index is 548. The third-order valence-electron chi connectivity index (χ3n) is 2.19. The molecule has 1 amide bonds. The van der Waals surface area contributed by atoms with E-state index in [1.165, 1.54) is 0 Å². The predicted octanol–water partition coefficient (Wildman–Crippen LogP) is 3.20. The van der Waals surface area contributed by atoms with Crippen LogP contribution in [0.1, 0.15) is 10.5 Å². The minimum Gasteiger partial charge on any atom is -0.345 e. The van der Waals surface area contributed by atoms with E-state index < -0.39 is 0 Å². The highest BCUT2D eigenvalue weighted by Crippen LogP contribution is 2.16. The average Bonchev–Trinajstić information content (AvgIpc) is 2.61. The molecule has 6 heteroatoms. The molecule has 0 unspecified atom stereocenters. The zero-order valence-electron chi connectivity index (χ0n) is 8.95. The van der Waals surface area contributed by atoms with E-state index in [1.54, 1.807) is 29.0 Å². The maximum Gasteiger partial charge on any atom is 0.272 e. The SMILES string of the molecule is Cn1cc(Br)cc1C(=O)Nc1ccc(Br)nc1. The first kappa shape index (κ1) is 12.3. The van der Waals surface area contributed by atoms with Gasteiger partial charge >= 0.3 is 0 Å². The van der Waals surface area contributed by atoms with Crippen LogP contribution in [0.15, 0.2) is 39.7 Å². The number of hydrogen-bond acceptors (Lipinski definition) is 2. The molecule has 17 heavy (non-hydrogen) atoms. The fourth-order valence-electron chi connectivity index (χ4n) is 1.39. The lowest BCUT2D eigenvalue weighted by Gasteiger charge is -2.05. The molecule has 0 aliphatic heterocycles. The third-order valence-corrected chi connectivity index (χ3v) is 3.09. The van der Waals surface area contributed by atoms with Gasteiger partial charge in [-0.2, -0.15) is 0 Å². The molecular formula is C11H9Br2N3O. The van der Waals surface area contributed by atoms with Crippen LogP contribution in [0.4, 0.5) is 5.69 Å². The highest BCUT2D eigenvalue weighted by molar-refractivity contribution is 9.10. The summed E-state index contributed by atoms with van der Waals surface area (Å²) in [5.74, 6) is -0.165. The van der Waals surface area contributed by atoms with Gasteiger partial charge in [0.2, 0.25) is 0 Å². The number of anilines is 1. The van der Waals surface area contributed by atoms with E-state index in [9.17, 15) is 4.79 Å². The lowest BCUT2D eigenvalue weighted by Crippen LogP contribution is -2.15. The topological polar surface area (TPSA) is 46.9 Å². The number of aromatic nitrogens is 2. The van der Waals surface area contributed by atoms with Crippen molar-refractivity contribution in [1.29, 1.82) is 0 Å². The maximum absolute atomic E-state index is 11.9. The van der Waals surface area contributed by atoms with Crippen LogP contribution in [0.3, 0.4) is 0 Å². The van der Waals surface area contributed by atoms with Crippen LogP contribution in [0.2, 0.25) is 0 Å². The number of rotatable bonds is 2. The second kappa shape index (κ2) is 5.01. The first-order chi connectivity index (χ1) is 8.06. The zero-order chi connectivity index (χ0) is 12.4. The van der Waals surface area contributed by atoms with Crippen molar-refractivity contribution in [2.75, 3.05) is 5.32 Å². The minimum absolute atomic E-state index is 0.165. The van der Waals surface area contributed by atoms with E-state index in [4.69, 9.17) is 0 Å². The van der Waals surface area contributed by atoms with Crippen LogP contribution in [0.25, 0.3) is 0 Å². The number of pyridine rings is 1. The fourth-order valence-corrected chi connectivity index (χ4v) is 2.15. The van der Waals surface area contributed by atoms with Crippen molar-refractivity contribution in [3.63, 3.8) is 0 Å². The Morgan fingerprint density at radius 1 is 1.41 bits per heavy atom. The molecule has 0 atom stereocenters. The summed E-state index contributed by atoms with van der Waals surface area (Å²) in [6.45, 7) is 0. The highest BCUT2D eigenvalue weighted by Gasteiger charge is 2.11. The maximum atomic E-state index is 11.9. The highest BCUT2D eigenvalue weighted by atomic mass is 79.9. The van der Waals surface area contributed by atoms with Crippen molar-refractivity contribution in [1.82, 2.24) is 9.55 Å². The van der Waals surface area contributed by atoms with Gasteiger partial charge in [-0.3, -0.25) is 4.79 Å². The third kappa shape index (κ3) is 2.95. The molecule has 0 aliphatic rings. The van der Waals surface area contributed by atoms with Crippen molar-refractivity contribution < 1.29 is 4.79 Å². The summed E-state index contributed by atoms with van der Waals surface area (Å²) in [7, 11) is 1.82. The van der Waals surface area contributed by atoms with E-state index in [0.717, 1.165) is 9.08 Å². The zero-order valence-corrected chi connectivity index (χ0v) is 12.1. The summed E-state index contributed by atoms with van der Waals surface area (Å²) >= 11 is 6.56. The Hall–Kier alpha value is -1.14. The van der Waals surface area contributed by atoms with E-state index in [0.29, 0.717) is 11.4 Å². The van der Waals surface area contributed by atoms with Crippen LogP contribution in [0, 0.1) is 0 Å². The second-order valence-electron chi connectivity index (χ2n) is 3.48. The molecular weight excluding hydrogens is 350 g/mol. The molecule has 0 saturated heterocycles. The van der Waals surface area contributed by atoms with Gasteiger partial charge in [-0.25, -0.2) is 4.98 Å². The van der Waals surface area contributed by atoms with Crippen molar-refractivity contribution in [3.8, 4) is 0 Å². The van der Waals surface area contributed by atoms with E-state index >= 15 is 0 Å². The van der Waals surface area contributed by atoms with E-state index in [1.807, 2.05) is 13.2 Å². The van der Waals surface area contributed by atoms with Crippen LogP contribution in [-0.4, -0.2) is 15.5 Å². The smallest absolute Gasteiger partial charge is 0.272 e. The van der Waals surface area contributed by atoms with Crippen molar-refractivity contribution in [2.45, 2.75) is 0 Å². The Morgan fingerprint density at radius 2 is 2.18 bits per heavy atom. The second-order valence-corrected chi connectivity index (χ2v) is 5.21. The summed E-state index contributed by atoms with van der Waals surface area (Å²) in [6, 6.07) is 5.32. The number of carbonyl (C=O) groups is 1. The van der Waals surface area contributed by atoms with Gasteiger partial charge < -0.3 is 9.88 Å². The number of hydrogen-bond donors (Lipinski definition) is 1. The molecule has 1 N–H and O–H groups in total. The van der Waals surface area contributed by atoms with Crippen molar-refractivity contribution in [3.05, 3.63) is 45.4 Å². The van der Waals surface area contributed by atoms with E-state index in [2.05, 4.69) is 42.2 Å². The molecule has 0 fully saturated rings. The van der Waals surface area contributed by atoms with Gasteiger partial charge in [0.05, 0.1) is 11.9 Å². The molecule has 88 valence electrons. The van der Waals surface area contributed by atoms with Gasteiger partial charge in [-0.15, -0.1) is 0 Å². The Kier molecular flexibility index (Phi) is 3.63. The quantitative estimate of drug-likeness (QED) is 0.838. The average molecular weight is 359 g/mol. The molecule has 0 radical (unpaired) electrons. The lowest BCUT2D eigenvalue weighted by atomic mass is 10.3. The summed E-state index contributed by atoms with van der Waals surface area (Å²) < 4.78 is 3.36. The van der Waals surface area contributed by atoms with Gasteiger partial charge in [0.1, 0.15) is 10.3 Å². The van der Waals surface area contributed by atoms with Crippen LogP contribution < -0.4 is 5.32 Å². The van der Waals surface area contributed by atoms with Gasteiger partial charge in [0.15, 0.2) is 0 Å². The molecule has 2 heterocycles. The van der Waals surface area contributed by atoms with Gasteiger partial charge in [-0.1, -0.05) is 0 Å². The predicted molar refractivity (Wildman–Crippen MR) is 73.0 cm³/mol. The molecule has 0 spiro atoms. The number of halogens is 2. The number of aryl methyl sites for hydroxylation is 1. The summed E-state index contributed by atoms with van der Waals surface area (Å²) in [4.78, 5) is 16.0. The van der Waals surface area contributed by atoms with Gasteiger partial charge in [-0.05, 0) is 50.1 Å². The molecule has 2 rings (SSSR count). The number of nitrogens with one attached hydrogen (secondary N) is 1. The first-order valence-electron chi connectivity index (χ1n) is 4.81. The molecule has 0 bridgehead atoms. The molecule has 0 aliphatic carbocycles. The number of nitrogens with zero attached hydrogens (tertiary/aromatic N) is 2. The fraction of sp³-hybridized carbons (Fsp3) is 0.0909. The monoisotopic (exact) mass is 357 g/mol. The molecule has 0 saturated carbocycles. The molecule has 0 aromatic carbocycles. The molecule has 2 aromatic rings. The number of carbonyl (C=O) groups excluding carboxylic acids is 1. The normalized spacial score (nSPS) is 10.3. The summed E-state index contributed by atoms with van der Waals surface area (Å²) in [5.41, 5.74) is 1.25. The largest absolute Gasteiger partial charge is 0.345 e. The van der Waals surface area contributed by atoms with Crippen molar-refractivity contribution >= 4 is 43.5 Å². The van der Waals surface area contributed by atoms with Crippen LogP contribution >= 0.6 is 31.9 Å². The molecule has 2 aromatic heterocycles. The van der Waals surface area contributed by atoms with E-state index in [-0.39, 0.29) is 5.91 Å². The molecule has 4 nitrogen and oxygen atoms in total. The van der Waals surface area contributed by atoms with Crippen LogP contribution in [0.5, 0.6) is 0 Å². The van der Waals surface area contributed by atoms with Crippen LogP contribution in [-0.2, 0) is 7.05 Å². The first-order valence-corrected chi connectivity index (χ1v) is 6.39. The number of amides is 1. The Balaban J connectivity index is 2.17. The minimum atomic E-state index is -0.165. The Morgan fingerprint density at radius 3 is 2.71 bits per heavy atom. The standard InChI is InChI=1S/C11H9Br2N3O/c1-16-6-7(12)4-9(16)11(17)15-8-2-3-10(13)14-5-8/h2-6H,1H3,(H,15,17). The van der Waals surface area contributed by atoms with Crippen molar-refractivity contribution in [2.24, 2.45) is 7.05 Å². The summed E-state index contributed by atoms with van der Waals surface area (Å²) in [6.07, 6.45) is 3.43. The lowest BCUT2D eigenvalue weighted by molar-refractivity contribution is 0.101. The summed E-state index contributed by atoms with van der Waals surface area (Å²) in [5, 5.41) is 2.78.